The first-order valence-electron chi connectivity index (χ1n) is 12.2. The molecule has 1 amide bonds. The van der Waals surface area contributed by atoms with E-state index in [0.717, 1.165) is 50.9 Å². The SMILES string of the molecule is COC(=O)c1sc(C#CC(C)(C)C(F)(F)F)cc1N(C(=O)[C@H]1CC[C@H](C)CC1)[C@H]1CC[C@H](O)CC1. The lowest BCUT2D eigenvalue weighted by molar-refractivity contribution is -0.190. The molecular weight excluding hydrogens is 479 g/mol. The third-order valence-electron chi connectivity index (χ3n) is 7.18. The Morgan fingerprint density at radius 2 is 1.69 bits per heavy atom. The van der Waals surface area contributed by atoms with Crippen molar-refractivity contribution in [2.24, 2.45) is 17.3 Å². The molecule has 0 radical (unpaired) electrons. The molecule has 9 heteroatoms. The third-order valence-corrected chi connectivity index (χ3v) is 8.20. The Morgan fingerprint density at radius 1 is 1.09 bits per heavy atom. The molecule has 194 valence electrons. The van der Waals surface area contributed by atoms with E-state index in [0.29, 0.717) is 37.3 Å². The number of alkyl halides is 3. The van der Waals surface area contributed by atoms with Crippen LogP contribution in [0.2, 0.25) is 0 Å². The predicted molar refractivity (Wildman–Crippen MR) is 129 cm³/mol. The molecule has 1 N–H and O–H groups in total. The lowest BCUT2D eigenvalue weighted by atomic mass is 9.81. The number of aliphatic hydroxyl groups excluding tert-OH is 1. The summed E-state index contributed by atoms with van der Waals surface area (Å²) in [5.41, 5.74) is -1.88. The number of carbonyl (C=O) groups is 2. The molecule has 0 bridgehead atoms. The van der Waals surface area contributed by atoms with Crippen molar-refractivity contribution in [1.29, 1.82) is 0 Å². The normalized spacial score (nSPS) is 25.4. The van der Waals surface area contributed by atoms with Crippen LogP contribution < -0.4 is 4.90 Å². The molecule has 2 aliphatic rings. The number of anilines is 1. The zero-order chi connectivity index (χ0) is 26.0. The van der Waals surface area contributed by atoms with E-state index in [4.69, 9.17) is 4.74 Å². The van der Waals surface area contributed by atoms with E-state index in [-0.39, 0.29) is 27.6 Å². The van der Waals surface area contributed by atoms with Crippen molar-refractivity contribution in [3.8, 4) is 11.8 Å². The van der Waals surface area contributed by atoms with Crippen LogP contribution >= 0.6 is 11.3 Å². The van der Waals surface area contributed by atoms with E-state index >= 15 is 0 Å². The molecule has 5 nitrogen and oxygen atoms in total. The van der Waals surface area contributed by atoms with Gasteiger partial charge in [0.2, 0.25) is 5.91 Å². The molecule has 0 spiro atoms. The zero-order valence-electron chi connectivity index (χ0n) is 20.7. The highest BCUT2D eigenvalue weighted by molar-refractivity contribution is 7.15. The fraction of sp³-hybridized carbons (Fsp3) is 0.692. The summed E-state index contributed by atoms with van der Waals surface area (Å²) in [4.78, 5) is 28.6. The summed E-state index contributed by atoms with van der Waals surface area (Å²) in [5.74, 6) is 4.52. The number of hydrogen-bond donors (Lipinski definition) is 1. The molecule has 1 aromatic rings. The van der Waals surface area contributed by atoms with Gasteiger partial charge in [-0.25, -0.2) is 4.79 Å². The second-order valence-corrected chi connectivity index (χ2v) is 11.4. The van der Waals surface area contributed by atoms with Gasteiger partial charge >= 0.3 is 12.1 Å². The van der Waals surface area contributed by atoms with E-state index in [9.17, 15) is 27.9 Å². The Hall–Kier alpha value is -2.05. The van der Waals surface area contributed by atoms with Crippen molar-refractivity contribution in [2.45, 2.75) is 90.5 Å². The molecule has 2 aliphatic carbocycles. The van der Waals surface area contributed by atoms with Gasteiger partial charge < -0.3 is 14.7 Å². The number of thiophene rings is 1. The first-order chi connectivity index (χ1) is 16.3. The fourth-order valence-electron chi connectivity index (χ4n) is 4.67. The van der Waals surface area contributed by atoms with E-state index < -0.39 is 23.7 Å². The van der Waals surface area contributed by atoms with Crippen LogP contribution in [-0.2, 0) is 9.53 Å². The van der Waals surface area contributed by atoms with Gasteiger partial charge in [-0.1, -0.05) is 18.8 Å². The Labute approximate surface area is 209 Å². The van der Waals surface area contributed by atoms with Crippen LogP contribution in [0.5, 0.6) is 0 Å². The van der Waals surface area contributed by atoms with Crippen molar-refractivity contribution in [3.63, 3.8) is 0 Å². The van der Waals surface area contributed by atoms with Crippen LogP contribution in [0.1, 0.15) is 86.7 Å². The number of halogens is 3. The van der Waals surface area contributed by atoms with Gasteiger partial charge in [-0.05, 0) is 77.2 Å². The van der Waals surface area contributed by atoms with Crippen LogP contribution in [0, 0.1) is 29.1 Å². The monoisotopic (exact) mass is 513 g/mol. The van der Waals surface area contributed by atoms with Gasteiger partial charge in [-0.2, -0.15) is 13.2 Å². The minimum Gasteiger partial charge on any atom is -0.465 e. The number of hydrogen-bond acceptors (Lipinski definition) is 5. The molecule has 1 heterocycles. The van der Waals surface area contributed by atoms with Crippen molar-refractivity contribution < 1.29 is 32.6 Å². The average molecular weight is 514 g/mol. The highest BCUT2D eigenvalue weighted by Crippen LogP contribution is 2.40. The standard InChI is InChI=1S/C26H34F3NO4S/c1-16-5-7-17(8-6-16)23(32)30(18-9-11-19(31)12-10-18)21-15-20(35-22(21)24(33)34-4)13-14-25(2,3)26(27,28)29/h15-19,31H,5-12H2,1-4H3/t16-,17-,18-,19-. The van der Waals surface area contributed by atoms with Gasteiger partial charge in [0.25, 0.3) is 0 Å². The van der Waals surface area contributed by atoms with Gasteiger partial charge in [0.1, 0.15) is 10.3 Å². The van der Waals surface area contributed by atoms with Crippen LogP contribution in [0.4, 0.5) is 18.9 Å². The summed E-state index contributed by atoms with van der Waals surface area (Å²) in [5, 5.41) is 10.0. The quantitative estimate of drug-likeness (QED) is 0.400. The highest BCUT2D eigenvalue weighted by atomic mass is 32.1. The largest absolute Gasteiger partial charge is 0.465 e. The summed E-state index contributed by atoms with van der Waals surface area (Å²) in [7, 11) is 1.23. The topological polar surface area (TPSA) is 66.8 Å². The number of carbonyl (C=O) groups excluding carboxylic acids is 2. The molecule has 2 fully saturated rings. The molecule has 0 saturated heterocycles. The minimum absolute atomic E-state index is 0.0728. The molecule has 35 heavy (non-hydrogen) atoms. The van der Waals surface area contributed by atoms with Crippen LogP contribution in [0.15, 0.2) is 6.07 Å². The maximum atomic E-state index is 13.8. The maximum absolute atomic E-state index is 13.8. The van der Waals surface area contributed by atoms with Crippen molar-refractivity contribution in [1.82, 2.24) is 0 Å². The third kappa shape index (κ3) is 6.39. The molecule has 0 atom stereocenters. The first-order valence-corrected chi connectivity index (χ1v) is 13.0. The highest BCUT2D eigenvalue weighted by Gasteiger charge is 2.46. The summed E-state index contributed by atoms with van der Waals surface area (Å²) >= 11 is 0.942. The number of aliphatic hydroxyl groups is 1. The first kappa shape index (κ1) is 27.5. The second kappa shape index (κ2) is 10.9. The lowest BCUT2D eigenvalue weighted by Gasteiger charge is -2.38. The van der Waals surface area contributed by atoms with Gasteiger partial charge in [0.15, 0.2) is 0 Å². The summed E-state index contributed by atoms with van der Waals surface area (Å²) < 4.78 is 44.8. The molecule has 0 unspecified atom stereocenters. The molecule has 1 aromatic heterocycles. The Kier molecular flexibility index (Phi) is 8.59. The number of rotatable bonds is 4. The van der Waals surface area contributed by atoms with Gasteiger partial charge in [0, 0.05) is 12.0 Å². The van der Waals surface area contributed by atoms with E-state index in [2.05, 4.69) is 18.8 Å². The number of nitrogens with zero attached hydrogens (tertiary/aromatic N) is 1. The van der Waals surface area contributed by atoms with Crippen LogP contribution in [0.3, 0.4) is 0 Å². The van der Waals surface area contributed by atoms with Crippen molar-refractivity contribution in [2.75, 3.05) is 12.0 Å². The Balaban J connectivity index is 2.04. The van der Waals surface area contributed by atoms with E-state index in [1.54, 1.807) is 11.0 Å². The second-order valence-electron chi connectivity index (χ2n) is 10.3. The molecule has 2 saturated carbocycles. The van der Waals surface area contributed by atoms with Crippen molar-refractivity contribution >= 4 is 28.9 Å². The summed E-state index contributed by atoms with van der Waals surface area (Å²) in [6.07, 6.45) is 0.728. The fourth-order valence-corrected chi connectivity index (χ4v) is 5.59. The van der Waals surface area contributed by atoms with Gasteiger partial charge in [-0.3, -0.25) is 4.79 Å². The minimum atomic E-state index is -4.51. The average Bonchev–Trinajstić information content (AvgIpc) is 3.22. The lowest BCUT2D eigenvalue weighted by Crippen LogP contribution is -2.47. The number of amides is 1. The smallest absolute Gasteiger partial charge is 0.404 e. The number of methoxy groups -OCH3 is 1. The summed E-state index contributed by atoms with van der Waals surface area (Å²) in [6, 6.07) is 1.33. The Morgan fingerprint density at radius 3 is 2.23 bits per heavy atom. The summed E-state index contributed by atoms with van der Waals surface area (Å²) in [6.45, 7) is 4.18. The molecule has 0 aromatic carbocycles. The van der Waals surface area contributed by atoms with Crippen molar-refractivity contribution in [3.05, 3.63) is 15.8 Å². The predicted octanol–water partition coefficient (Wildman–Crippen LogP) is 5.94. The van der Waals surface area contributed by atoms with E-state index in [1.807, 2.05) is 0 Å². The number of esters is 1. The van der Waals surface area contributed by atoms with Crippen LogP contribution in [0.25, 0.3) is 0 Å². The molecule has 0 aliphatic heterocycles. The maximum Gasteiger partial charge on any atom is 0.404 e. The zero-order valence-corrected chi connectivity index (χ0v) is 21.5. The number of ether oxygens (including phenoxy) is 1. The van der Waals surface area contributed by atoms with Gasteiger partial charge in [-0.15, -0.1) is 11.3 Å². The van der Waals surface area contributed by atoms with Gasteiger partial charge in [0.05, 0.1) is 23.8 Å². The Bertz CT molecular complexity index is 975. The van der Waals surface area contributed by atoms with E-state index in [1.165, 1.54) is 7.11 Å². The molecular formula is C26H34F3NO4S. The molecule has 3 rings (SSSR count). The van der Waals surface area contributed by atoms with Crippen LogP contribution in [-0.4, -0.2) is 42.4 Å².